The minimum absolute atomic E-state index is 0.301. The topological polar surface area (TPSA) is 55.1 Å². The van der Waals surface area contributed by atoms with Crippen LogP contribution in [0.25, 0.3) is 22.4 Å². The molecule has 1 aromatic heterocycles. The van der Waals surface area contributed by atoms with Gasteiger partial charge in [0.05, 0.1) is 11.9 Å². The number of halogens is 1. The van der Waals surface area contributed by atoms with Crippen molar-refractivity contribution < 1.29 is 5.21 Å². The van der Waals surface area contributed by atoms with Gasteiger partial charge < -0.3 is 5.21 Å². The van der Waals surface area contributed by atoms with E-state index in [2.05, 4.69) is 33.0 Å². The number of rotatable bonds is 4. The van der Waals surface area contributed by atoms with E-state index in [1.165, 1.54) is 6.20 Å². The first-order chi connectivity index (χ1) is 13.6. The average molecular weight is 433 g/mol. The summed E-state index contributed by atoms with van der Waals surface area (Å²) >= 11 is 3.40. The van der Waals surface area contributed by atoms with Crippen molar-refractivity contribution in [3.05, 3.63) is 111 Å². The van der Waals surface area contributed by atoms with Crippen LogP contribution in [0.5, 0.6) is 0 Å². The smallest absolute Gasteiger partial charge is 0.304 e. The lowest BCUT2D eigenvalue weighted by atomic mass is 10.0. The molecule has 0 bridgehead atoms. The van der Waals surface area contributed by atoms with Crippen LogP contribution in [-0.4, -0.2) is 14.9 Å². The highest BCUT2D eigenvalue weighted by Gasteiger charge is 2.11. The van der Waals surface area contributed by atoms with E-state index in [-0.39, 0.29) is 0 Å². The van der Waals surface area contributed by atoms with Crippen molar-refractivity contribution in [2.45, 2.75) is 6.42 Å². The van der Waals surface area contributed by atoms with Crippen molar-refractivity contribution in [2.24, 2.45) is 0 Å². The first kappa shape index (κ1) is 18.2. The zero-order chi connectivity index (χ0) is 19.5. The SMILES string of the molecule is O=c1c(Cc2ccc(-c3ccccc3)cc2)nc(-c2ccc(Br)cc2)cn1O. The Kier molecular flexibility index (Phi) is 5.08. The van der Waals surface area contributed by atoms with Crippen molar-refractivity contribution in [1.82, 2.24) is 9.71 Å². The molecule has 1 heterocycles. The molecule has 0 radical (unpaired) electrons. The van der Waals surface area contributed by atoms with Crippen molar-refractivity contribution in [2.75, 3.05) is 0 Å². The molecule has 1 N–H and O–H groups in total. The molecule has 4 aromatic rings. The van der Waals surface area contributed by atoms with E-state index < -0.39 is 5.56 Å². The Balaban J connectivity index is 1.64. The fourth-order valence-corrected chi connectivity index (χ4v) is 3.31. The van der Waals surface area contributed by atoms with Crippen LogP contribution in [0.4, 0.5) is 0 Å². The van der Waals surface area contributed by atoms with Gasteiger partial charge in [-0.25, -0.2) is 4.98 Å². The van der Waals surface area contributed by atoms with Crippen LogP contribution < -0.4 is 5.56 Å². The molecule has 0 amide bonds. The summed E-state index contributed by atoms with van der Waals surface area (Å²) in [4.78, 5) is 16.8. The first-order valence-corrected chi connectivity index (χ1v) is 9.61. The summed E-state index contributed by atoms with van der Waals surface area (Å²) in [6.07, 6.45) is 1.69. The maximum absolute atomic E-state index is 12.3. The largest absolute Gasteiger partial charge is 0.425 e. The van der Waals surface area contributed by atoms with E-state index in [9.17, 15) is 10.0 Å². The van der Waals surface area contributed by atoms with Crippen LogP contribution >= 0.6 is 15.9 Å². The number of hydrogen-bond donors (Lipinski definition) is 1. The summed E-state index contributed by atoms with van der Waals surface area (Å²) in [5.41, 5.74) is 4.38. The molecule has 4 nitrogen and oxygen atoms in total. The molecular weight excluding hydrogens is 416 g/mol. The molecule has 0 aliphatic heterocycles. The second kappa shape index (κ2) is 7.82. The van der Waals surface area contributed by atoms with Crippen molar-refractivity contribution in [3.8, 4) is 22.4 Å². The Hall–Kier alpha value is -3.18. The van der Waals surface area contributed by atoms with Crippen molar-refractivity contribution in [1.29, 1.82) is 0 Å². The molecule has 138 valence electrons. The van der Waals surface area contributed by atoms with E-state index in [4.69, 9.17) is 0 Å². The molecule has 0 saturated carbocycles. The van der Waals surface area contributed by atoms with Gasteiger partial charge in [-0.3, -0.25) is 4.79 Å². The minimum Gasteiger partial charge on any atom is -0.425 e. The Morgan fingerprint density at radius 2 is 1.43 bits per heavy atom. The highest BCUT2D eigenvalue weighted by atomic mass is 79.9. The third-order valence-corrected chi connectivity index (χ3v) is 5.06. The Bertz CT molecular complexity index is 1150. The third-order valence-electron chi connectivity index (χ3n) is 4.53. The molecule has 4 rings (SSSR count). The molecule has 0 aliphatic rings. The van der Waals surface area contributed by atoms with Gasteiger partial charge in [0.1, 0.15) is 5.69 Å². The zero-order valence-corrected chi connectivity index (χ0v) is 16.5. The number of benzene rings is 3. The van der Waals surface area contributed by atoms with Crippen LogP contribution in [-0.2, 0) is 6.42 Å². The highest BCUT2D eigenvalue weighted by Crippen LogP contribution is 2.21. The maximum Gasteiger partial charge on any atom is 0.304 e. The highest BCUT2D eigenvalue weighted by molar-refractivity contribution is 9.10. The predicted octanol–water partition coefficient (Wildman–Crippen LogP) is 5.17. The van der Waals surface area contributed by atoms with Gasteiger partial charge in [-0.05, 0) is 28.8 Å². The predicted molar refractivity (Wildman–Crippen MR) is 114 cm³/mol. The summed E-state index contributed by atoms with van der Waals surface area (Å²) in [6.45, 7) is 0. The van der Waals surface area contributed by atoms with Crippen LogP contribution in [0.15, 0.2) is 94.3 Å². The fourth-order valence-electron chi connectivity index (χ4n) is 3.04. The molecule has 0 aliphatic carbocycles. The second-order valence-corrected chi connectivity index (χ2v) is 7.38. The lowest BCUT2D eigenvalue weighted by Gasteiger charge is -2.08. The second-order valence-electron chi connectivity index (χ2n) is 6.47. The Labute approximate surface area is 170 Å². The number of aromatic nitrogens is 2. The van der Waals surface area contributed by atoms with E-state index in [0.717, 1.165) is 26.7 Å². The maximum atomic E-state index is 12.3. The van der Waals surface area contributed by atoms with Gasteiger partial charge in [-0.2, -0.15) is 4.73 Å². The number of nitrogens with zero attached hydrogens (tertiary/aromatic N) is 2. The monoisotopic (exact) mass is 432 g/mol. The summed E-state index contributed by atoms with van der Waals surface area (Å²) in [5.74, 6) is 0. The van der Waals surface area contributed by atoms with Crippen LogP contribution in [0.3, 0.4) is 0 Å². The van der Waals surface area contributed by atoms with Gasteiger partial charge in [-0.15, -0.1) is 0 Å². The number of hydrogen-bond acceptors (Lipinski definition) is 3. The summed E-state index contributed by atoms with van der Waals surface area (Å²) in [5, 5.41) is 10.0. The Morgan fingerprint density at radius 1 is 0.821 bits per heavy atom. The molecule has 0 unspecified atom stereocenters. The lowest BCUT2D eigenvalue weighted by Crippen LogP contribution is -2.24. The molecule has 0 spiro atoms. The van der Waals surface area contributed by atoms with Gasteiger partial charge in [0.15, 0.2) is 0 Å². The molecule has 3 aromatic carbocycles. The normalized spacial score (nSPS) is 10.8. The van der Waals surface area contributed by atoms with E-state index in [0.29, 0.717) is 22.5 Å². The fraction of sp³-hybridized carbons (Fsp3) is 0.0435. The molecule has 5 heteroatoms. The molecule has 0 atom stereocenters. The quantitative estimate of drug-likeness (QED) is 0.452. The van der Waals surface area contributed by atoms with Crippen LogP contribution in [0.1, 0.15) is 11.3 Å². The van der Waals surface area contributed by atoms with Crippen molar-refractivity contribution in [3.63, 3.8) is 0 Å². The van der Waals surface area contributed by atoms with Crippen molar-refractivity contribution >= 4 is 15.9 Å². The van der Waals surface area contributed by atoms with E-state index >= 15 is 0 Å². The Morgan fingerprint density at radius 3 is 2.11 bits per heavy atom. The van der Waals surface area contributed by atoms with E-state index in [1.807, 2.05) is 66.7 Å². The summed E-state index contributed by atoms with van der Waals surface area (Å²) in [7, 11) is 0. The van der Waals surface area contributed by atoms with Gasteiger partial charge >= 0.3 is 5.56 Å². The first-order valence-electron chi connectivity index (χ1n) is 8.82. The van der Waals surface area contributed by atoms with Crippen LogP contribution in [0.2, 0.25) is 0 Å². The van der Waals surface area contributed by atoms with E-state index in [1.54, 1.807) is 0 Å². The van der Waals surface area contributed by atoms with Gasteiger partial charge in [0, 0.05) is 16.5 Å². The standard InChI is InChI=1S/C23H17BrN2O2/c24-20-12-10-19(11-13-20)22-15-26(28)23(27)21(25-22)14-16-6-8-18(9-7-16)17-4-2-1-3-5-17/h1-13,15,28H,14H2. The summed E-state index contributed by atoms with van der Waals surface area (Å²) in [6, 6.07) is 25.7. The lowest BCUT2D eigenvalue weighted by molar-refractivity contribution is 0.173. The van der Waals surface area contributed by atoms with Gasteiger partial charge in [0.2, 0.25) is 0 Å². The molecule has 28 heavy (non-hydrogen) atoms. The van der Waals surface area contributed by atoms with Gasteiger partial charge in [0.25, 0.3) is 0 Å². The molecular formula is C23H17BrN2O2. The average Bonchev–Trinajstić information content (AvgIpc) is 2.73. The van der Waals surface area contributed by atoms with Crippen LogP contribution in [0, 0.1) is 0 Å². The minimum atomic E-state index is -0.506. The van der Waals surface area contributed by atoms with Gasteiger partial charge in [-0.1, -0.05) is 82.7 Å². The summed E-state index contributed by atoms with van der Waals surface area (Å²) < 4.78 is 1.56. The third kappa shape index (κ3) is 3.89. The molecule has 0 fully saturated rings. The molecule has 0 saturated heterocycles. The zero-order valence-electron chi connectivity index (χ0n) is 14.9.